The summed E-state index contributed by atoms with van der Waals surface area (Å²) in [7, 11) is -3.21. The van der Waals surface area contributed by atoms with Crippen LogP contribution in [0.2, 0.25) is 0 Å². The van der Waals surface area contributed by atoms with Crippen LogP contribution in [0.15, 0.2) is 29.2 Å². The highest BCUT2D eigenvalue weighted by Gasteiger charge is 2.13. The fourth-order valence-electron chi connectivity index (χ4n) is 1.31. The minimum Gasteiger partial charge on any atom is -0.349 e. The molecule has 0 saturated carbocycles. The second kappa shape index (κ2) is 5.52. The van der Waals surface area contributed by atoms with E-state index in [2.05, 4.69) is 5.32 Å². The molecule has 0 unspecified atom stereocenters. The van der Waals surface area contributed by atoms with Crippen molar-refractivity contribution in [2.75, 3.05) is 6.26 Å². The smallest absolute Gasteiger partial charge is 0.251 e. The average molecular weight is 269 g/mol. The van der Waals surface area contributed by atoms with Crippen LogP contribution in [-0.4, -0.2) is 26.6 Å². The van der Waals surface area contributed by atoms with E-state index < -0.39 is 9.84 Å². The summed E-state index contributed by atoms with van der Waals surface area (Å²) in [5.74, 6) is 0.167. The topological polar surface area (TPSA) is 63.2 Å². The van der Waals surface area contributed by atoms with Gasteiger partial charge in [0, 0.05) is 17.9 Å². The lowest BCUT2D eigenvalue weighted by molar-refractivity contribution is 0.0930. The van der Waals surface area contributed by atoms with E-state index in [1.165, 1.54) is 24.3 Å². The Balaban J connectivity index is 2.83. The maximum atomic E-state index is 11.9. The molecule has 0 fully saturated rings. The Morgan fingerprint density at radius 2 is 1.61 bits per heavy atom. The van der Waals surface area contributed by atoms with E-state index in [0.717, 1.165) is 6.26 Å². The van der Waals surface area contributed by atoms with Gasteiger partial charge in [0.05, 0.1) is 4.90 Å². The van der Waals surface area contributed by atoms with Gasteiger partial charge >= 0.3 is 0 Å². The van der Waals surface area contributed by atoms with Gasteiger partial charge in [-0.1, -0.05) is 13.8 Å². The lowest BCUT2D eigenvalue weighted by Gasteiger charge is -2.17. The van der Waals surface area contributed by atoms with Crippen molar-refractivity contribution in [3.05, 3.63) is 29.8 Å². The fourth-order valence-corrected chi connectivity index (χ4v) is 1.94. The zero-order valence-corrected chi connectivity index (χ0v) is 11.9. The number of amides is 1. The monoisotopic (exact) mass is 269 g/mol. The first kappa shape index (κ1) is 14.7. The summed E-state index contributed by atoms with van der Waals surface area (Å²) in [6.07, 6.45) is 1.14. The molecule has 0 bridgehead atoms. The van der Waals surface area contributed by atoms with Crippen molar-refractivity contribution < 1.29 is 13.2 Å². The van der Waals surface area contributed by atoms with Crippen LogP contribution in [0.3, 0.4) is 0 Å². The molecule has 0 saturated heterocycles. The molecule has 0 aromatic heterocycles. The SMILES string of the molecule is CC(C)[C@H](C)NC(=O)c1ccc(S(C)(=O)=O)cc1. The van der Waals surface area contributed by atoms with Crippen molar-refractivity contribution >= 4 is 15.7 Å². The summed E-state index contributed by atoms with van der Waals surface area (Å²) < 4.78 is 22.6. The summed E-state index contributed by atoms with van der Waals surface area (Å²) in [5, 5.41) is 2.87. The molecule has 0 heterocycles. The van der Waals surface area contributed by atoms with Gasteiger partial charge < -0.3 is 5.32 Å². The van der Waals surface area contributed by atoms with E-state index in [1.807, 2.05) is 20.8 Å². The largest absolute Gasteiger partial charge is 0.349 e. The van der Waals surface area contributed by atoms with Crippen molar-refractivity contribution in [2.45, 2.75) is 31.7 Å². The van der Waals surface area contributed by atoms with E-state index in [9.17, 15) is 13.2 Å². The fraction of sp³-hybridized carbons (Fsp3) is 0.462. The quantitative estimate of drug-likeness (QED) is 0.907. The van der Waals surface area contributed by atoms with Gasteiger partial charge in [-0.15, -0.1) is 0 Å². The first-order valence-corrected chi connectivity index (χ1v) is 7.72. The standard InChI is InChI=1S/C13H19NO3S/c1-9(2)10(3)14-13(15)11-5-7-12(8-6-11)18(4,16)17/h5-10H,1-4H3,(H,14,15)/t10-/m0/s1. The third-order valence-electron chi connectivity index (χ3n) is 2.90. The second-order valence-electron chi connectivity index (χ2n) is 4.80. The van der Waals surface area contributed by atoms with Crippen molar-refractivity contribution in [2.24, 2.45) is 5.92 Å². The van der Waals surface area contributed by atoms with Crippen molar-refractivity contribution in [3.8, 4) is 0 Å². The first-order valence-electron chi connectivity index (χ1n) is 5.83. The van der Waals surface area contributed by atoms with E-state index in [0.29, 0.717) is 11.5 Å². The first-order chi connectivity index (χ1) is 8.21. The predicted octanol–water partition coefficient (Wildman–Crippen LogP) is 1.86. The third kappa shape index (κ3) is 3.84. The maximum absolute atomic E-state index is 11.9. The molecule has 18 heavy (non-hydrogen) atoms. The maximum Gasteiger partial charge on any atom is 0.251 e. The minimum atomic E-state index is -3.21. The van der Waals surface area contributed by atoms with Gasteiger partial charge in [0.1, 0.15) is 0 Å². The average Bonchev–Trinajstić information content (AvgIpc) is 2.27. The van der Waals surface area contributed by atoms with Crippen LogP contribution in [-0.2, 0) is 9.84 Å². The Morgan fingerprint density at radius 1 is 1.11 bits per heavy atom. The van der Waals surface area contributed by atoms with Crippen molar-refractivity contribution in [1.82, 2.24) is 5.32 Å². The van der Waals surface area contributed by atoms with Gasteiger partial charge in [-0.3, -0.25) is 4.79 Å². The number of sulfone groups is 1. The number of carbonyl (C=O) groups excluding carboxylic acids is 1. The van der Waals surface area contributed by atoms with Crippen LogP contribution >= 0.6 is 0 Å². The van der Waals surface area contributed by atoms with Gasteiger partial charge in [0.2, 0.25) is 0 Å². The number of hydrogen-bond acceptors (Lipinski definition) is 3. The lowest BCUT2D eigenvalue weighted by atomic mass is 10.1. The molecule has 0 aliphatic rings. The van der Waals surface area contributed by atoms with Crippen LogP contribution in [0, 0.1) is 5.92 Å². The molecular formula is C13H19NO3S. The summed E-state index contributed by atoms with van der Waals surface area (Å²) in [5.41, 5.74) is 0.468. The molecule has 1 atom stereocenters. The summed E-state index contributed by atoms with van der Waals surface area (Å²) in [6.45, 7) is 5.99. The molecule has 0 spiro atoms. The molecule has 100 valence electrons. The number of rotatable bonds is 4. The molecule has 0 radical (unpaired) electrons. The van der Waals surface area contributed by atoms with Crippen molar-refractivity contribution in [3.63, 3.8) is 0 Å². The van der Waals surface area contributed by atoms with Gasteiger partial charge in [-0.25, -0.2) is 8.42 Å². The zero-order chi connectivity index (χ0) is 13.9. The highest BCUT2D eigenvalue weighted by Crippen LogP contribution is 2.11. The molecule has 1 aromatic rings. The number of benzene rings is 1. The van der Waals surface area contributed by atoms with E-state index in [1.54, 1.807) is 0 Å². The van der Waals surface area contributed by atoms with E-state index >= 15 is 0 Å². The Kier molecular flexibility index (Phi) is 4.51. The predicted molar refractivity (Wildman–Crippen MR) is 71.3 cm³/mol. The molecule has 5 heteroatoms. The Hall–Kier alpha value is -1.36. The van der Waals surface area contributed by atoms with Gasteiger partial charge in [-0.05, 0) is 37.1 Å². The minimum absolute atomic E-state index is 0.0760. The van der Waals surface area contributed by atoms with Gasteiger partial charge in [-0.2, -0.15) is 0 Å². The highest BCUT2D eigenvalue weighted by atomic mass is 32.2. The zero-order valence-electron chi connectivity index (χ0n) is 11.1. The van der Waals surface area contributed by atoms with E-state index in [-0.39, 0.29) is 16.8 Å². The van der Waals surface area contributed by atoms with Crippen LogP contribution in [0.4, 0.5) is 0 Å². The Labute approximate surface area is 108 Å². The Bertz CT molecular complexity index is 518. The second-order valence-corrected chi connectivity index (χ2v) is 6.82. The number of hydrogen-bond donors (Lipinski definition) is 1. The molecule has 0 aliphatic heterocycles. The van der Waals surface area contributed by atoms with Gasteiger partial charge in [0.15, 0.2) is 9.84 Å². The van der Waals surface area contributed by atoms with Crippen LogP contribution in [0.5, 0.6) is 0 Å². The summed E-state index contributed by atoms with van der Waals surface area (Å²) in [4.78, 5) is 12.1. The van der Waals surface area contributed by atoms with Crippen LogP contribution < -0.4 is 5.32 Å². The van der Waals surface area contributed by atoms with Crippen molar-refractivity contribution in [1.29, 1.82) is 0 Å². The molecular weight excluding hydrogens is 250 g/mol. The van der Waals surface area contributed by atoms with Crippen LogP contribution in [0.1, 0.15) is 31.1 Å². The summed E-state index contributed by atoms with van der Waals surface area (Å²) in [6, 6.07) is 6.03. The lowest BCUT2D eigenvalue weighted by Crippen LogP contribution is -2.36. The van der Waals surface area contributed by atoms with E-state index in [4.69, 9.17) is 0 Å². The summed E-state index contributed by atoms with van der Waals surface area (Å²) >= 11 is 0. The Morgan fingerprint density at radius 3 is 2.00 bits per heavy atom. The molecule has 1 N–H and O–H groups in total. The molecule has 1 aromatic carbocycles. The third-order valence-corrected chi connectivity index (χ3v) is 4.03. The normalized spacial score (nSPS) is 13.4. The van der Waals surface area contributed by atoms with Crippen LogP contribution in [0.25, 0.3) is 0 Å². The molecule has 1 amide bonds. The molecule has 1 rings (SSSR count). The highest BCUT2D eigenvalue weighted by molar-refractivity contribution is 7.90. The number of carbonyl (C=O) groups is 1. The molecule has 0 aliphatic carbocycles. The number of nitrogens with one attached hydrogen (secondary N) is 1. The molecule has 4 nitrogen and oxygen atoms in total. The van der Waals surface area contributed by atoms with Gasteiger partial charge in [0.25, 0.3) is 5.91 Å².